The highest BCUT2D eigenvalue weighted by molar-refractivity contribution is 7.88. The summed E-state index contributed by atoms with van der Waals surface area (Å²) >= 11 is 0. The van der Waals surface area contributed by atoms with E-state index >= 15 is 0 Å². The van der Waals surface area contributed by atoms with Gasteiger partial charge in [0.25, 0.3) is 5.91 Å². The number of hydrogen-bond acceptors (Lipinski definition) is 4. The molecule has 1 aliphatic rings. The van der Waals surface area contributed by atoms with Crippen molar-refractivity contribution in [3.05, 3.63) is 29.8 Å². The molecule has 0 unspecified atom stereocenters. The Balaban J connectivity index is 2.08. The van der Waals surface area contributed by atoms with Crippen molar-refractivity contribution < 1.29 is 26.7 Å². The average molecular weight is 376 g/mol. The summed E-state index contributed by atoms with van der Waals surface area (Å²) in [5.74, 6) is -0.235. The second-order valence-electron chi connectivity index (χ2n) is 6.16. The second-order valence-corrected chi connectivity index (χ2v) is 7.94. The Bertz CT molecular complexity index is 695. The fourth-order valence-electron chi connectivity index (χ4n) is 3.07. The standard InChI is InChI=1S/C16H22F2N2O4S/c1-3-4-12-9-20(10-14(12)19-25(2,22)23)15(21)11-5-7-13(8-6-11)24-16(17)18/h5-8,12,14,16,19H,3-4,9-10H2,1-2H3/t12-,14-/m1/s1. The molecule has 1 N–H and O–H groups in total. The number of carbonyl (C=O) groups is 1. The third kappa shape index (κ3) is 5.64. The maximum atomic E-state index is 12.6. The van der Waals surface area contributed by atoms with Crippen LogP contribution in [0.1, 0.15) is 30.1 Å². The molecular formula is C16H22F2N2O4S. The Morgan fingerprint density at radius 2 is 1.96 bits per heavy atom. The van der Waals surface area contributed by atoms with Crippen LogP contribution in [0, 0.1) is 5.92 Å². The molecule has 25 heavy (non-hydrogen) atoms. The van der Waals surface area contributed by atoms with Crippen molar-refractivity contribution in [2.75, 3.05) is 19.3 Å². The molecule has 2 atom stereocenters. The Hall–Kier alpha value is -1.74. The molecule has 140 valence electrons. The molecule has 1 heterocycles. The van der Waals surface area contributed by atoms with Crippen LogP contribution in [0.5, 0.6) is 5.75 Å². The topological polar surface area (TPSA) is 75.7 Å². The number of alkyl halides is 2. The van der Waals surface area contributed by atoms with Gasteiger partial charge >= 0.3 is 6.61 Å². The van der Waals surface area contributed by atoms with Crippen LogP contribution >= 0.6 is 0 Å². The van der Waals surface area contributed by atoms with Crippen LogP contribution in [-0.2, 0) is 10.0 Å². The predicted molar refractivity (Wildman–Crippen MR) is 89.1 cm³/mol. The van der Waals surface area contributed by atoms with Gasteiger partial charge in [-0.05, 0) is 36.6 Å². The van der Waals surface area contributed by atoms with E-state index < -0.39 is 16.6 Å². The van der Waals surface area contributed by atoms with Crippen LogP contribution in [0.4, 0.5) is 8.78 Å². The zero-order valence-electron chi connectivity index (χ0n) is 14.1. The van der Waals surface area contributed by atoms with Crippen molar-refractivity contribution in [1.29, 1.82) is 0 Å². The summed E-state index contributed by atoms with van der Waals surface area (Å²) in [7, 11) is -3.37. The summed E-state index contributed by atoms with van der Waals surface area (Å²) in [6.45, 7) is -0.178. The van der Waals surface area contributed by atoms with Crippen molar-refractivity contribution in [3.63, 3.8) is 0 Å². The number of amides is 1. The number of likely N-dealkylation sites (tertiary alicyclic amines) is 1. The van der Waals surface area contributed by atoms with Gasteiger partial charge in [-0.2, -0.15) is 8.78 Å². The molecule has 1 amide bonds. The zero-order valence-corrected chi connectivity index (χ0v) is 14.9. The number of sulfonamides is 1. The Morgan fingerprint density at radius 1 is 1.32 bits per heavy atom. The Kier molecular flexibility index (Phi) is 6.34. The van der Waals surface area contributed by atoms with Gasteiger partial charge in [0.2, 0.25) is 10.0 Å². The van der Waals surface area contributed by atoms with Crippen LogP contribution < -0.4 is 9.46 Å². The van der Waals surface area contributed by atoms with E-state index in [0.717, 1.165) is 19.1 Å². The van der Waals surface area contributed by atoms with Crippen molar-refractivity contribution >= 4 is 15.9 Å². The summed E-state index contributed by atoms with van der Waals surface area (Å²) in [5, 5.41) is 0. The number of nitrogens with zero attached hydrogens (tertiary/aromatic N) is 1. The molecule has 2 rings (SSSR count). The quantitative estimate of drug-likeness (QED) is 0.791. The first-order valence-electron chi connectivity index (χ1n) is 8.01. The Labute approximate surface area is 146 Å². The first kappa shape index (κ1) is 19.6. The normalized spacial score (nSPS) is 20.9. The summed E-state index contributed by atoms with van der Waals surface area (Å²) in [6, 6.07) is 5.15. The molecule has 1 aromatic rings. The lowest BCUT2D eigenvalue weighted by Crippen LogP contribution is -2.40. The first-order valence-corrected chi connectivity index (χ1v) is 9.90. The largest absolute Gasteiger partial charge is 0.435 e. The van der Waals surface area contributed by atoms with E-state index in [4.69, 9.17) is 0 Å². The van der Waals surface area contributed by atoms with E-state index in [1.54, 1.807) is 4.90 Å². The van der Waals surface area contributed by atoms with Crippen LogP contribution in [0.2, 0.25) is 0 Å². The lowest BCUT2D eigenvalue weighted by atomic mass is 9.99. The number of carbonyl (C=O) groups excluding carboxylic acids is 1. The van der Waals surface area contributed by atoms with Gasteiger partial charge in [0, 0.05) is 24.7 Å². The fourth-order valence-corrected chi connectivity index (χ4v) is 3.89. The van der Waals surface area contributed by atoms with Gasteiger partial charge in [-0.15, -0.1) is 0 Å². The lowest BCUT2D eigenvalue weighted by Gasteiger charge is -2.17. The third-order valence-corrected chi connectivity index (χ3v) is 4.81. The maximum Gasteiger partial charge on any atom is 0.387 e. The molecule has 6 nitrogen and oxygen atoms in total. The molecule has 0 aliphatic carbocycles. The molecule has 1 aromatic carbocycles. The number of hydrogen-bond donors (Lipinski definition) is 1. The summed E-state index contributed by atoms with van der Waals surface area (Å²) in [5.41, 5.74) is 0.344. The smallest absolute Gasteiger partial charge is 0.387 e. The first-order chi connectivity index (χ1) is 11.7. The molecule has 0 saturated carbocycles. The molecule has 0 spiro atoms. The highest BCUT2D eigenvalue weighted by Crippen LogP contribution is 2.24. The van der Waals surface area contributed by atoms with Gasteiger partial charge < -0.3 is 9.64 Å². The van der Waals surface area contributed by atoms with E-state index in [1.807, 2.05) is 6.92 Å². The fraction of sp³-hybridized carbons (Fsp3) is 0.562. The van der Waals surface area contributed by atoms with Gasteiger partial charge in [-0.3, -0.25) is 4.79 Å². The molecule has 1 fully saturated rings. The minimum Gasteiger partial charge on any atom is -0.435 e. The van der Waals surface area contributed by atoms with Crippen LogP contribution in [0.25, 0.3) is 0 Å². The monoisotopic (exact) mass is 376 g/mol. The van der Waals surface area contributed by atoms with Gasteiger partial charge in [-0.1, -0.05) is 13.3 Å². The molecular weight excluding hydrogens is 354 g/mol. The SMILES string of the molecule is CCC[C@@H]1CN(C(=O)c2ccc(OC(F)F)cc2)C[C@H]1NS(C)(=O)=O. The third-order valence-electron chi connectivity index (χ3n) is 4.08. The summed E-state index contributed by atoms with van der Waals surface area (Å²) in [6.07, 6.45) is 2.79. The van der Waals surface area contributed by atoms with Crippen molar-refractivity contribution in [2.24, 2.45) is 5.92 Å². The van der Waals surface area contributed by atoms with Crippen LogP contribution in [0.15, 0.2) is 24.3 Å². The highest BCUT2D eigenvalue weighted by atomic mass is 32.2. The van der Waals surface area contributed by atoms with Gasteiger partial charge in [0.15, 0.2) is 0 Å². The van der Waals surface area contributed by atoms with Crippen LogP contribution in [-0.4, -0.2) is 51.2 Å². The highest BCUT2D eigenvalue weighted by Gasteiger charge is 2.36. The number of benzene rings is 1. The number of rotatable bonds is 7. The zero-order chi connectivity index (χ0) is 18.6. The van der Waals surface area contributed by atoms with Crippen LogP contribution in [0.3, 0.4) is 0 Å². The number of nitrogens with one attached hydrogen (secondary N) is 1. The van der Waals surface area contributed by atoms with Gasteiger partial charge in [0.05, 0.1) is 6.26 Å². The molecule has 0 radical (unpaired) electrons. The van der Waals surface area contributed by atoms with Gasteiger partial charge in [-0.25, -0.2) is 13.1 Å². The average Bonchev–Trinajstić information content (AvgIpc) is 2.88. The molecule has 1 aliphatic heterocycles. The van der Waals surface area contributed by atoms with Crippen molar-refractivity contribution in [2.45, 2.75) is 32.4 Å². The molecule has 9 heteroatoms. The van der Waals surface area contributed by atoms with Crippen molar-refractivity contribution in [1.82, 2.24) is 9.62 Å². The van der Waals surface area contributed by atoms with Gasteiger partial charge in [0.1, 0.15) is 5.75 Å². The second kappa shape index (κ2) is 8.09. The lowest BCUT2D eigenvalue weighted by molar-refractivity contribution is -0.0498. The van der Waals surface area contributed by atoms with E-state index in [9.17, 15) is 22.0 Å². The predicted octanol–water partition coefficient (Wildman–Crippen LogP) is 2.08. The minimum atomic E-state index is -3.37. The summed E-state index contributed by atoms with van der Waals surface area (Å²) < 4.78 is 54.2. The maximum absolute atomic E-state index is 12.6. The summed E-state index contributed by atoms with van der Waals surface area (Å²) in [4.78, 5) is 14.2. The molecule has 0 bridgehead atoms. The van der Waals surface area contributed by atoms with E-state index in [1.165, 1.54) is 24.3 Å². The number of ether oxygens (including phenoxy) is 1. The molecule has 1 saturated heterocycles. The van der Waals surface area contributed by atoms with Crippen molar-refractivity contribution in [3.8, 4) is 5.75 Å². The van der Waals surface area contributed by atoms with E-state index in [2.05, 4.69) is 9.46 Å². The minimum absolute atomic E-state index is 0.0200. The van der Waals surface area contributed by atoms with E-state index in [-0.39, 0.29) is 30.2 Å². The number of halogens is 2. The molecule has 0 aromatic heterocycles. The van der Waals surface area contributed by atoms with E-state index in [0.29, 0.717) is 12.1 Å². The Morgan fingerprint density at radius 3 is 2.48 bits per heavy atom.